The zero-order valence-electron chi connectivity index (χ0n) is 9.15. The Kier molecular flexibility index (Phi) is 2.90. The van der Waals surface area contributed by atoms with E-state index in [1.807, 2.05) is 17.8 Å². The van der Waals surface area contributed by atoms with Crippen LogP contribution in [0.5, 0.6) is 0 Å². The van der Waals surface area contributed by atoms with Crippen molar-refractivity contribution in [2.75, 3.05) is 5.73 Å². The molecule has 0 aliphatic heterocycles. The molecule has 0 unspecified atom stereocenters. The molecule has 0 aliphatic rings. The number of benzene rings is 1. The molecule has 0 saturated heterocycles. The van der Waals surface area contributed by atoms with Gasteiger partial charge in [0.15, 0.2) is 0 Å². The van der Waals surface area contributed by atoms with Crippen molar-refractivity contribution < 1.29 is 4.39 Å². The minimum absolute atomic E-state index is 0.206. The third-order valence-electron chi connectivity index (χ3n) is 2.62. The van der Waals surface area contributed by atoms with Crippen LogP contribution in [0.25, 0.3) is 0 Å². The van der Waals surface area contributed by atoms with Crippen LogP contribution in [0.2, 0.25) is 0 Å². The lowest BCUT2D eigenvalue weighted by molar-refractivity contribution is 0.631. The van der Waals surface area contributed by atoms with Gasteiger partial charge in [0.2, 0.25) is 0 Å². The lowest BCUT2D eigenvalue weighted by Crippen LogP contribution is -2.01. The van der Waals surface area contributed by atoms with Gasteiger partial charge in [0.05, 0.1) is 5.69 Å². The van der Waals surface area contributed by atoms with Crippen molar-refractivity contribution in [1.82, 2.24) is 9.55 Å². The molecule has 0 radical (unpaired) electrons. The summed E-state index contributed by atoms with van der Waals surface area (Å²) in [5.41, 5.74) is 6.74. The number of halogens is 1. The van der Waals surface area contributed by atoms with E-state index in [1.165, 1.54) is 6.07 Å². The summed E-state index contributed by atoms with van der Waals surface area (Å²) in [7, 11) is 1.96. The van der Waals surface area contributed by atoms with Crippen LogP contribution in [0, 0.1) is 5.82 Å². The number of rotatable bonds is 3. The number of aryl methyl sites for hydroxylation is 3. The lowest BCUT2D eigenvalue weighted by Gasteiger charge is -2.04. The maximum absolute atomic E-state index is 12.9. The van der Waals surface area contributed by atoms with Gasteiger partial charge in [0.1, 0.15) is 11.6 Å². The van der Waals surface area contributed by atoms with E-state index in [1.54, 1.807) is 18.3 Å². The second-order valence-electron chi connectivity index (χ2n) is 3.81. The number of anilines is 1. The Morgan fingerprint density at radius 1 is 1.38 bits per heavy atom. The van der Waals surface area contributed by atoms with E-state index in [4.69, 9.17) is 5.73 Å². The van der Waals surface area contributed by atoms with Crippen molar-refractivity contribution >= 4 is 5.69 Å². The number of aromatic nitrogens is 2. The van der Waals surface area contributed by atoms with Crippen LogP contribution in [-0.2, 0) is 19.9 Å². The summed E-state index contributed by atoms with van der Waals surface area (Å²) in [6.45, 7) is 0. The number of imidazole rings is 1. The Labute approximate surface area is 93.7 Å². The Bertz CT molecular complexity index is 491. The molecule has 1 heterocycles. The van der Waals surface area contributed by atoms with Crippen molar-refractivity contribution in [1.29, 1.82) is 0 Å². The fourth-order valence-corrected chi connectivity index (χ4v) is 1.64. The summed E-state index contributed by atoms with van der Waals surface area (Å²) >= 11 is 0. The first kappa shape index (κ1) is 10.7. The molecular weight excluding hydrogens is 205 g/mol. The molecule has 0 bridgehead atoms. The predicted molar refractivity (Wildman–Crippen MR) is 61.4 cm³/mol. The maximum Gasteiger partial charge on any atom is 0.146 e. The van der Waals surface area contributed by atoms with E-state index >= 15 is 0 Å². The van der Waals surface area contributed by atoms with Crippen molar-refractivity contribution in [2.24, 2.45) is 7.05 Å². The SMILES string of the molecule is Cn1ccnc1CCc1ccc(F)c(N)c1. The molecule has 0 spiro atoms. The smallest absolute Gasteiger partial charge is 0.146 e. The van der Waals surface area contributed by atoms with E-state index in [9.17, 15) is 4.39 Å². The molecule has 2 N–H and O–H groups in total. The van der Waals surface area contributed by atoms with E-state index in [0.29, 0.717) is 0 Å². The first-order valence-corrected chi connectivity index (χ1v) is 5.17. The Morgan fingerprint density at radius 3 is 2.81 bits per heavy atom. The van der Waals surface area contributed by atoms with Crippen molar-refractivity contribution in [3.63, 3.8) is 0 Å². The van der Waals surface area contributed by atoms with Gasteiger partial charge in [0.25, 0.3) is 0 Å². The fourth-order valence-electron chi connectivity index (χ4n) is 1.64. The first-order valence-electron chi connectivity index (χ1n) is 5.17. The van der Waals surface area contributed by atoms with Crippen molar-refractivity contribution in [2.45, 2.75) is 12.8 Å². The van der Waals surface area contributed by atoms with Gasteiger partial charge in [-0.15, -0.1) is 0 Å². The van der Waals surface area contributed by atoms with Crippen LogP contribution in [0.4, 0.5) is 10.1 Å². The summed E-state index contributed by atoms with van der Waals surface area (Å²) in [4.78, 5) is 4.23. The van der Waals surface area contributed by atoms with Gasteiger partial charge < -0.3 is 10.3 Å². The molecule has 0 aliphatic carbocycles. The maximum atomic E-state index is 12.9. The normalized spacial score (nSPS) is 10.6. The van der Waals surface area contributed by atoms with Crippen LogP contribution >= 0.6 is 0 Å². The van der Waals surface area contributed by atoms with Gasteiger partial charge in [0, 0.05) is 25.9 Å². The van der Waals surface area contributed by atoms with Gasteiger partial charge in [-0.05, 0) is 24.1 Å². The van der Waals surface area contributed by atoms with Gasteiger partial charge in [-0.1, -0.05) is 6.07 Å². The average Bonchev–Trinajstić information content (AvgIpc) is 2.66. The highest BCUT2D eigenvalue weighted by Gasteiger charge is 2.02. The molecule has 3 nitrogen and oxygen atoms in total. The van der Waals surface area contributed by atoms with Crippen LogP contribution in [0.1, 0.15) is 11.4 Å². The average molecular weight is 219 g/mol. The molecule has 2 aromatic rings. The zero-order valence-corrected chi connectivity index (χ0v) is 9.15. The molecule has 0 atom stereocenters. The molecular formula is C12H14FN3. The van der Waals surface area contributed by atoms with Crippen molar-refractivity contribution in [3.05, 3.63) is 47.8 Å². The second kappa shape index (κ2) is 4.35. The minimum Gasteiger partial charge on any atom is -0.396 e. The lowest BCUT2D eigenvalue weighted by atomic mass is 10.1. The third kappa shape index (κ3) is 2.21. The number of nitrogens with zero attached hydrogens (tertiary/aromatic N) is 2. The van der Waals surface area contributed by atoms with Gasteiger partial charge in [-0.3, -0.25) is 0 Å². The zero-order chi connectivity index (χ0) is 11.5. The highest BCUT2D eigenvalue weighted by atomic mass is 19.1. The third-order valence-corrected chi connectivity index (χ3v) is 2.62. The number of nitrogens with two attached hydrogens (primary N) is 1. The van der Waals surface area contributed by atoms with Gasteiger partial charge in [-0.2, -0.15) is 0 Å². The molecule has 2 rings (SSSR count). The van der Waals surface area contributed by atoms with Gasteiger partial charge in [-0.25, -0.2) is 9.37 Å². The Hall–Kier alpha value is -1.84. The monoisotopic (exact) mass is 219 g/mol. The number of hydrogen-bond acceptors (Lipinski definition) is 2. The molecule has 1 aromatic heterocycles. The first-order chi connectivity index (χ1) is 7.66. The summed E-state index contributed by atoms with van der Waals surface area (Å²) in [6, 6.07) is 4.84. The highest BCUT2D eigenvalue weighted by Crippen LogP contribution is 2.13. The molecule has 0 amide bonds. The predicted octanol–water partition coefficient (Wildman–Crippen LogP) is 1.93. The topological polar surface area (TPSA) is 43.8 Å². The summed E-state index contributed by atoms with van der Waals surface area (Å²) in [6.07, 6.45) is 5.33. The van der Waals surface area contributed by atoms with Crippen molar-refractivity contribution in [3.8, 4) is 0 Å². The summed E-state index contributed by atoms with van der Waals surface area (Å²) in [5.74, 6) is 0.656. The number of hydrogen-bond donors (Lipinski definition) is 1. The minimum atomic E-state index is -0.360. The fraction of sp³-hybridized carbons (Fsp3) is 0.250. The Morgan fingerprint density at radius 2 is 2.19 bits per heavy atom. The van der Waals surface area contributed by atoms with Crippen LogP contribution < -0.4 is 5.73 Å². The molecule has 84 valence electrons. The molecule has 16 heavy (non-hydrogen) atoms. The second-order valence-corrected chi connectivity index (χ2v) is 3.81. The molecule has 1 aromatic carbocycles. The van der Waals surface area contributed by atoms with Gasteiger partial charge >= 0.3 is 0 Å². The quantitative estimate of drug-likeness (QED) is 0.801. The van der Waals surface area contributed by atoms with E-state index < -0.39 is 0 Å². The number of nitrogen functional groups attached to an aromatic ring is 1. The molecule has 4 heteroatoms. The highest BCUT2D eigenvalue weighted by molar-refractivity contribution is 5.42. The molecule has 0 fully saturated rings. The summed E-state index contributed by atoms with van der Waals surface area (Å²) in [5, 5.41) is 0. The van der Waals surface area contributed by atoms with Crippen LogP contribution in [-0.4, -0.2) is 9.55 Å². The summed E-state index contributed by atoms with van der Waals surface area (Å²) < 4.78 is 14.9. The van der Waals surface area contributed by atoms with E-state index in [2.05, 4.69) is 4.98 Å². The van der Waals surface area contributed by atoms with E-state index in [-0.39, 0.29) is 11.5 Å². The van der Waals surface area contributed by atoms with E-state index in [0.717, 1.165) is 24.2 Å². The largest absolute Gasteiger partial charge is 0.396 e. The van der Waals surface area contributed by atoms with Crippen LogP contribution in [0.15, 0.2) is 30.6 Å². The standard InChI is InChI=1S/C12H14FN3/c1-16-7-6-15-12(16)5-3-9-2-4-10(13)11(14)8-9/h2,4,6-8H,3,5,14H2,1H3. The molecule has 0 saturated carbocycles. The van der Waals surface area contributed by atoms with Crippen LogP contribution in [0.3, 0.4) is 0 Å². The Balaban J connectivity index is 2.05.